The molecule has 1 heterocycles. The van der Waals surface area contributed by atoms with E-state index in [2.05, 4.69) is 28.3 Å². The fraction of sp³-hybridized carbons (Fsp3) is 0.0625. The first-order valence-electron chi connectivity index (χ1n) is 6.54. The van der Waals surface area contributed by atoms with Gasteiger partial charge in [0.05, 0.1) is 5.03 Å². The van der Waals surface area contributed by atoms with Crippen molar-refractivity contribution in [3.8, 4) is 0 Å². The van der Waals surface area contributed by atoms with E-state index in [-0.39, 0.29) is 5.84 Å². The molecule has 1 aromatic heterocycles. The average Bonchev–Trinajstić information content (AvgIpc) is 2.95. The number of H-pyrrole nitrogens is 1. The lowest BCUT2D eigenvalue weighted by atomic mass is 10.1. The number of hydrogen-bond donors (Lipinski definition) is 3. The van der Waals surface area contributed by atoms with Crippen LogP contribution in [0, 0.1) is 0 Å². The molecule has 0 aliphatic heterocycles. The maximum atomic E-state index is 8.84. The summed E-state index contributed by atoms with van der Waals surface area (Å²) in [5.41, 5.74) is 8.64. The third-order valence-electron chi connectivity index (χ3n) is 3.29. The summed E-state index contributed by atoms with van der Waals surface area (Å²) in [6.07, 6.45) is 0. The lowest BCUT2D eigenvalue weighted by Crippen LogP contribution is -2.15. The van der Waals surface area contributed by atoms with Crippen molar-refractivity contribution in [2.75, 3.05) is 0 Å². The molecule has 2 aromatic carbocycles. The lowest BCUT2D eigenvalue weighted by molar-refractivity contribution is 0.318. The zero-order chi connectivity index (χ0) is 14.7. The van der Waals surface area contributed by atoms with Crippen molar-refractivity contribution in [2.45, 2.75) is 10.8 Å². The molecule has 0 radical (unpaired) electrons. The van der Waals surface area contributed by atoms with Gasteiger partial charge >= 0.3 is 0 Å². The number of aromatic nitrogens is 1. The van der Waals surface area contributed by atoms with Crippen LogP contribution in [0.1, 0.15) is 11.1 Å². The maximum Gasteiger partial charge on any atom is 0.170 e. The fourth-order valence-electron chi connectivity index (χ4n) is 2.23. The van der Waals surface area contributed by atoms with E-state index in [1.54, 1.807) is 11.8 Å². The standard InChI is InChI=1S/C16H15N3OS/c17-16(19-20)13-7-3-1-6-12(13)10-21-15-9-11-5-2-4-8-14(11)18-15/h1-9,18,20H,10H2,(H2,17,19). The molecule has 4 nitrogen and oxygen atoms in total. The van der Waals surface area contributed by atoms with E-state index in [1.807, 2.05) is 36.4 Å². The molecule has 0 aliphatic carbocycles. The molecular weight excluding hydrogens is 282 g/mol. The number of benzene rings is 2. The number of nitrogens with one attached hydrogen (secondary N) is 1. The number of oxime groups is 1. The lowest BCUT2D eigenvalue weighted by Gasteiger charge is -2.06. The minimum absolute atomic E-state index is 0.142. The van der Waals surface area contributed by atoms with E-state index < -0.39 is 0 Å². The molecule has 4 N–H and O–H groups in total. The summed E-state index contributed by atoms with van der Waals surface area (Å²) in [5.74, 6) is 0.891. The highest BCUT2D eigenvalue weighted by atomic mass is 32.2. The number of fused-ring (bicyclic) bond motifs is 1. The Morgan fingerprint density at radius 1 is 1.14 bits per heavy atom. The van der Waals surface area contributed by atoms with Crippen LogP contribution in [0.4, 0.5) is 0 Å². The number of hydrogen-bond acceptors (Lipinski definition) is 3. The highest BCUT2D eigenvalue weighted by molar-refractivity contribution is 7.98. The Morgan fingerprint density at radius 2 is 1.90 bits per heavy atom. The van der Waals surface area contributed by atoms with Gasteiger partial charge in [-0.05, 0) is 17.7 Å². The number of rotatable bonds is 4. The molecule has 106 valence electrons. The van der Waals surface area contributed by atoms with Gasteiger partial charge in [-0.1, -0.05) is 47.6 Å². The van der Waals surface area contributed by atoms with Gasteiger partial charge in [-0.15, -0.1) is 11.8 Å². The van der Waals surface area contributed by atoms with Crippen LogP contribution < -0.4 is 5.73 Å². The third kappa shape index (κ3) is 2.87. The van der Waals surface area contributed by atoms with Gasteiger partial charge in [-0.3, -0.25) is 0 Å². The second-order valence-electron chi connectivity index (χ2n) is 4.65. The van der Waals surface area contributed by atoms with E-state index in [0.29, 0.717) is 0 Å². The first kappa shape index (κ1) is 13.6. The van der Waals surface area contributed by atoms with Gasteiger partial charge in [0.15, 0.2) is 5.84 Å². The van der Waals surface area contributed by atoms with Crippen molar-refractivity contribution in [3.05, 3.63) is 65.7 Å². The normalized spacial score (nSPS) is 11.9. The summed E-state index contributed by atoms with van der Waals surface area (Å²) in [5, 5.41) is 14.2. The molecule has 0 saturated carbocycles. The maximum absolute atomic E-state index is 8.84. The van der Waals surface area contributed by atoms with Crippen molar-refractivity contribution in [1.82, 2.24) is 4.98 Å². The summed E-state index contributed by atoms with van der Waals surface area (Å²) >= 11 is 1.69. The van der Waals surface area contributed by atoms with E-state index >= 15 is 0 Å². The topological polar surface area (TPSA) is 74.4 Å². The molecule has 0 aliphatic rings. The Balaban J connectivity index is 1.81. The van der Waals surface area contributed by atoms with Gasteiger partial charge in [-0.25, -0.2) is 0 Å². The summed E-state index contributed by atoms with van der Waals surface area (Å²) in [4.78, 5) is 3.38. The molecule has 21 heavy (non-hydrogen) atoms. The molecule has 0 atom stereocenters. The molecule has 0 bridgehead atoms. The second kappa shape index (κ2) is 5.93. The Morgan fingerprint density at radius 3 is 2.71 bits per heavy atom. The van der Waals surface area contributed by atoms with Crippen LogP contribution >= 0.6 is 11.8 Å². The molecular formula is C16H15N3OS. The average molecular weight is 297 g/mol. The molecule has 0 saturated heterocycles. The van der Waals surface area contributed by atoms with Crippen molar-refractivity contribution in [1.29, 1.82) is 0 Å². The SMILES string of the molecule is N/C(=N/O)c1ccccc1CSc1cc2ccccc2[nH]1. The predicted molar refractivity (Wildman–Crippen MR) is 86.8 cm³/mol. The summed E-state index contributed by atoms with van der Waals surface area (Å²) < 4.78 is 0. The van der Waals surface area contributed by atoms with Crippen LogP contribution in [0.5, 0.6) is 0 Å². The molecule has 3 aromatic rings. The highest BCUT2D eigenvalue weighted by Gasteiger charge is 2.08. The van der Waals surface area contributed by atoms with Crippen LogP contribution in [0.3, 0.4) is 0 Å². The first-order valence-corrected chi connectivity index (χ1v) is 7.53. The quantitative estimate of drug-likeness (QED) is 0.227. The Labute approximate surface area is 126 Å². The van der Waals surface area contributed by atoms with E-state index in [0.717, 1.165) is 27.4 Å². The van der Waals surface area contributed by atoms with Crippen LogP contribution in [0.2, 0.25) is 0 Å². The summed E-state index contributed by atoms with van der Waals surface area (Å²) in [7, 11) is 0. The summed E-state index contributed by atoms with van der Waals surface area (Å²) in [6.45, 7) is 0. The highest BCUT2D eigenvalue weighted by Crippen LogP contribution is 2.27. The minimum Gasteiger partial charge on any atom is -0.409 e. The smallest absolute Gasteiger partial charge is 0.170 e. The molecule has 5 heteroatoms. The Bertz CT molecular complexity index is 762. The Hall–Kier alpha value is -2.40. The zero-order valence-electron chi connectivity index (χ0n) is 11.3. The van der Waals surface area contributed by atoms with E-state index in [9.17, 15) is 0 Å². The largest absolute Gasteiger partial charge is 0.409 e. The van der Waals surface area contributed by atoms with Gasteiger partial charge in [-0.2, -0.15) is 0 Å². The van der Waals surface area contributed by atoms with Gasteiger partial charge in [0.25, 0.3) is 0 Å². The van der Waals surface area contributed by atoms with Crippen LogP contribution in [0.25, 0.3) is 10.9 Å². The fourth-order valence-corrected chi connectivity index (χ4v) is 3.19. The van der Waals surface area contributed by atoms with Crippen molar-refractivity contribution >= 4 is 28.5 Å². The van der Waals surface area contributed by atoms with Gasteiger partial charge in [0.2, 0.25) is 0 Å². The second-order valence-corrected chi connectivity index (χ2v) is 5.67. The number of nitrogens with zero attached hydrogens (tertiary/aromatic N) is 1. The van der Waals surface area contributed by atoms with Crippen LogP contribution in [-0.2, 0) is 5.75 Å². The third-order valence-corrected chi connectivity index (χ3v) is 4.28. The molecule has 0 fully saturated rings. The van der Waals surface area contributed by atoms with Gasteiger partial charge < -0.3 is 15.9 Å². The number of thioether (sulfide) groups is 1. The Kier molecular flexibility index (Phi) is 3.83. The monoisotopic (exact) mass is 297 g/mol. The number of nitrogens with two attached hydrogens (primary N) is 1. The number of para-hydroxylation sites is 1. The van der Waals surface area contributed by atoms with Crippen molar-refractivity contribution in [3.63, 3.8) is 0 Å². The van der Waals surface area contributed by atoms with E-state index in [1.165, 1.54) is 5.39 Å². The van der Waals surface area contributed by atoms with Gasteiger partial charge in [0.1, 0.15) is 0 Å². The van der Waals surface area contributed by atoms with Crippen LogP contribution in [0.15, 0.2) is 64.8 Å². The zero-order valence-corrected chi connectivity index (χ0v) is 12.1. The van der Waals surface area contributed by atoms with E-state index in [4.69, 9.17) is 10.9 Å². The number of aromatic amines is 1. The summed E-state index contributed by atoms with van der Waals surface area (Å²) in [6, 6.07) is 18.0. The van der Waals surface area contributed by atoms with Crippen molar-refractivity contribution < 1.29 is 5.21 Å². The first-order chi connectivity index (χ1) is 10.3. The predicted octanol–water partition coefficient (Wildman–Crippen LogP) is 3.55. The molecule has 0 unspecified atom stereocenters. The van der Waals surface area contributed by atoms with Crippen molar-refractivity contribution in [2.24, 2.45) is 10.9 Å². The molecule has 0 spiro atoms. The van der Waals surface area contributed by atoms with Crippen LogP contribution in [-0.4, -0.2) is 16.0 Å². The van der Waals surface area contributed by atoms with Gasteiger partial charge in [0, 0.05) is 22.2 Å². The molecule has 0 amide bonds. The number of amidine groups is 1. The molecule has 3 rings (SSSR count). The minimum atomic E-state index is 0.142.